The van der Waals surface area contributed by atoms with Crippen molar-refractivity contribution in [3.05, 3.63) is 59.5 Å². The smallest absolute Gasteiger partial charge is 0.0421 e. The van der Waals surface area contributed by atoms with Crippen LogP contribution >= 0.6 is 11.3 Å². The third kappa shape index (κ3) is 1.84. The Kier molecular flexibility index (Phi) is 2.90. The first kappa shape index (κ1) is 11.5. The second-order valence-electron chi connectivity index (χ2n) is 4.52. The highest BCUT2D eigenvalue weighted by molar-refractivity contribution is 7.17. The zero-order chi connectivity index (χ0) is 12.5. The van der Waals surface area contributed by atoms with Crippen LogP contribution in [-0.2, 0) is 0 Å². The van der Waals surface area contributed by atoms with Gasteiger partial charge in [0, 0.05) is 10.7 Å². The van der Waals surface area contributed by atoms with Crippen molar-refractivity contribution in [2.24, 2.45) is 5.73 Å². The average Bonchev–Trinajstić information content (AvgIpc) is 2.86. The summed E-state index contributed by atoms with van der Waals surface area (Å²) < 4.78 is 1.34. The third-order valence-electron chi connectivity index (χ3n) is 3.22. The lowest BCUT2D eigenvalue weighted by Gasteiger charge is -2.13. The second-order valence-corrected chi connectivity index (χ2v) is 5.44. The van der Waals surface area contributed by atoms with E-state index in [4.69, 9.17) is 5.73 Å². The van der Waals surface area contributed by atoms with E-state index in [1.54, 1.807) is 11.3 Å². The number of fused-ring (bicyclic) bond motifs is 1. The number of benzene rings is 2. The van der Waals surface area contributed by atoms with Crippen molar-refractivity contribution < 1.29 is 0 Å². The van der Waals surface area contributed by atoms with Gasteiger partial charge >= 0.3 is 0 Å². The van der Waals surface area contributed by atoms with E-state index in [1.807, 2.05) is 6.92 Å². The Morgan fingerprint density at radius 1 is 0.944 bits per heavy atom. The van der Waals surface area contributed by atoms with Crippen LogP contribution in [0.3, 0.4) is 0 Å². The van der Waals surface area contributed by atoms with Crippen LogP contribution < -0.4 is 5.73 Å². The fourth-order valence-electron chi connectivity index (χ4n) is 2.34. The van der Waals surface area contributed by atoms with Gasteiger partial charge in [0.05, 0.1) is 0 Å². The Hall–Kier alpha value is -1.64. The molecule has 2 N–H and O–H groups in total. The van der Waals surface area contributed by atoms with E-state index >= 15 is 0 Å². The SMILES string of the molecule is CC(N)c1ccccc1-c1cccc2ccsc12. The van der Waals surface area contributed by atoms with Gasteiger partial charge in [-0.2, -0.15) is 0 Å². The molecule has 1 heterocycles. The van der Waals surface area contributed by atoms with E-state index < -0.39 is 0 Å². The van der Waals surface area contributed by atoms with Crippen molar-refractivity contribution in [2.45, 2.75) is 13.0 Å². The summed E-state index contributed by atoms with van der Waals surface area (Å²) in [6, 6.07) is 17.1. The first-order valence-corrected chi connectivity index (χ1v) is 6.96. The van der Waals surface area contributed by atoms with Crippen LogP contribution in [0.2, 0.25) is 0 Å². The normalized spacial score (nSPS) is 12.8. The number of rotatable bonds is 2. The molecule has 0 aliphatic rings. The lowest BCUT2D eigenvalue weighted by atomic mass is 9.95. The van der Waals surface area contributed by atoms with Crippen molar-refractivity contribution >= 4 is 21.4 Å². The van der Waals surface area contributed by atoms with Crippen LogP contribution in [-0.4, -0.2) is 0 Å². The van der Waals surface area contributed by atoms with E-state index in [0.717, 1.165) is 0 Å². The maximum atomic E-state index is 6.07. The Morgan fingerprint density at radius 2 is 1.72 bits per heavy atom. The Morgan fingerprint density at radius 3 is 2.56 bits per heavy atom. The minimum atomic E-state index is 0.0522. The van der Waals surface area contributed by atoms with Gasteiger partial charge in [-0.05, 0) is 40.4 Å². The van der Waals surface area contributed by atoms with Gasteiger partial charge in [0.25, 0.3) is 0 Å². The fourth-order valence-corrected chi connectivity index (χ4v) is 3.27. The van der Waals surface area contributed by atoms with Crippen LogP contribution in [0, 0.1) is 0 Å². The van der Waals surface area contributed by atoms with Crippen LogP contribution in [0.4, 0.5) is 0 Å². The van der Waals surface area contributed by atoms with Gasteiger partial charge in [-0.25, -0.2) is 0 Å². The fraction of sp³-hybridized carbons (Fsp3) is 0.125. The van der Waals surface area contributed by atoms with E-state index in [1.165, 1.54) is 26.8 Å². The molecule has 3 aromatic rings. The van der Waals surface area contributed by atoms with Gasteiger partial charge in [-0.1, -0.05) is 42.5 Å². The molecule has 0 amide bonds. The zero-order valence-corrected chi connectivity index (χ0v) is 11.1. The summed E-state index contributed by atoms with van der Waals surface area (Å²) in [7, 11) is 0. The van der Waals surface area contributed by atoms with Crippen molar-refractivity contribution in [2.75, 3.05) is 0 Å². The van der Waals surface area contributed by atoms with Gasteiger partial charge in [0.15, 0.2) is 0 Å². The molecule has 0 bridgehead atoms. The van der Waals surface area contributed by atoms with E-state index in [9.17, 15) is 0 Å². The zero-order valence-electron chi connectivity index (χ0n) is 10.3. The van der Waals surface area contributed by atoms with Gasteiger partial charge < -0.3 is 5.73 Å². The highest BCUT2D eigenvalue weighted by Gasteiger charge is 2.11. The van der Waals surface area contributed by atoms with Crippen molar-refractivity contribution in [3.63, 3.8) is 0 Å². The lowest BCUT2D eigenvalue weighted by Crippen LogP contribution is -2.06. The molecule has 0 aliphatic carbocycles. The van der Waals surface area contributed by atoms with Crippen LogP contribution in [0.1, 0.15) is 18.5 Å². The highest BCUT2D eigenvalue weighted by Crippen LogP contribution is 2.35. The van der Waals surface area contributed by atoms with Crippen LogP contribution in [0.15, 0.2) is 53.9 Å². The summed E-state index contributed by atoms with van der Waals surface area (Å²) in [5.74, 6) is 0. The molecular formula is C16H15NS. The Balaban J connectivity index is 2.29. The molecule has 1 unspecified atom stereocenters. The summed E-state index contributed by atoms with van der Waals surface area (Å²) in [6.45, 7) is 2.04. The molecule has 0 radical (unpaired) electrons. The third-order valence-corrected chi connectivity index (χ3v) is 4.18. The average molecular weight is 253 g/mol. The van der Waals surface area contributed by atoms with Gasteiger partial charge in [-0.15, -0.1) is 11.3 Å². The maximum Gasteiger partial charge on any atom is 0.0421 e. The second kappa shape index (κ2) is 4.56. The topological polar surface area (TPSA) is 26.0 Å². The molecule has 1 aromatic heterocycles. The molecule has 90 valence electrons. The Bertz CT molecular complexity index is 682. The van der Waals surface area contributed by atoms with E-state index in [2.05, 4.69) is 53.9 Å². The van der Waals surface area contributed by atoms with Gasteiger partial charge in [0.2, 0.25) is 0 Å². The molecule has 0 fully saturated rings. The number of hydrogen-bond donors (Lipinski definition) is 1. The Labute approximate surface area is 111 Å². The van der Waals surface area contributed by atoms with E-state index in [-0.39, 0.29) is 6.04 Å². The predicted octanol–water partition coefficient (Wildman–Crippen LogP) is 4.59. The van der Waals surface area contributed by atoms with Crippen LogP contribution in [0.25, 0.3) is 21.2 Å². The van der Waals surface area contributed by atoms with Gasteiger partial charge in [-0.3, -0.25) is 0 Å². The predicted molar refractivity (Wildman–Crippen MR) is 79.9 cm³/mol. The molecule has 0 saturated carbocycles. The molecule has 0 aliphatic heterocycles. The molecule has 1 atom stereocenters. The molecule has 2 heteroatoms. The van der Waals surface area contributed by atoms with Crippen molar-refractivity contribution in [1.29, 1.82) is 0 Å². The molecule has 18 heavy (non-hydrogen) atoms. The molecule has 3 rings (SSSR count). The first-order chi connectivity index (χ1) is 8.77. The standard InChI is InChI=1S/C16H15NS/c1-11(17)13-6-2-3-7-14(13)15-8-4-5-12-9-10-18-16(12)15/h2-11H,17H2,1H3. The van der Waals surface area contributed by atoms with Crippen molar-refractivity contribution in [3.8, 4) is 11.1 Å². The molecule has 0 saturated heterocycles. The minimum Gasteiger partial charge on any atom is -0.324 e. The summed E-state index contributed by atoms with van der Waals surface area (Å²) >= 11 is 1.79. The van der Waals surface area contributed by atoms with Gasteiger partial charge in [0.1, 0.15) is 0 Å². The largest absolute Gasteiger partial charge is 0.324 e. The quantitative estimate of drug-likeness (QED) is 0.710. The van der Waals surface area contributed by atoms with Crippen LogP contribution in [0.5, 0.6) is 0 Å². The number of nitrogens with two attached hydrogens (primary N) is 1. The van der Waals surface area contributed by atoms with E-state index in [0.29, 0.717) is 0 Å². The minimum absolute atomic E-state index is 0.0522. The summed E-state index contributed by atoms with van der Waals surface area (Å²) in [4.78, 5) is 0. The molecular weight excluding hydrogens is 238 g/mol. The summed E-state index contributed by atoms with van der Waals surface area (Å²) in [5, 5.41) is 3.44. The maximum absolute atomic E-state index is 6.07. The monoisotopic (exact) mass is 253 g/mol. The molecule has 1 nitrogen and oxygen atoms in total. The van der Waals surface area contributed by atoms with Crippen molar-refractivity contribution in [1.82, 2.24) is 0 Å². The lowest BCUT2D eigenvalue weighted by molar-refractivity contribution is 0.820. The molecule has 2 aromatic carbocycles. The summed E-state index contributed by atoms with van der Waals surface area (Å²) in [6.07, 6.45) is 0. The molecule has 0 spiro atoms. The number of thiophene rings is 1. The number of hydrogen-bond acceptors (Lipinski definition) is 2. The summed E-state index contributed by atoms with van der Waals surface area (Å²) in [5.41, 5.74) is 9.82. The first-order valence-electron chi connectivity index (χ1n) is 6.08. The highest BCUT2D eigenvalue weighted by atomic mass is 32.1.